The van der Waals surface area contributed by atoms with E-state index in [2.05, 4.69) is 15.0 Å². The van der Waals surface area contributed by atoms with Gasteiger partial charge in [0.15, 0.2) is 0 Å². The molecule has 102 valence electrons. The Labute approximate surface area is 120 Å². The molecule has 0 aliphatic rings. The van der Waals surface area contributed by atoms with E-state index in [9.17, 15) is 0 Å². The minimum atomic E-state index is 0.157. The van der Waals surface area contributed by atoms with E-state index in [1.807, 2.05) is 30.3 Å². The zero-order chi connectivity index (χ0) is 13.9. The van der Waals surface area contributed by atoms with Crippen LogP contribution in [0.1, 0.15) is 5.56 Å². The maximum Gasteiger partial charge on any atom is 0.227 e. The minimum absolute atomic E-state index is 0.157. The van der Waals surface area contributed by atoms with E-state index in [0.29, 0.717) is 18.1 Å². The van der Waals surface area contributed by atoms with Crippen molar-refractivity contribution < 1.29 is 9.47 Å². The summed E-state index contributed by atoms with van der Waals surface area (Å²) in [6, 6.07) is 9.51. The fourth-order valence-electron chi connectivity index (χ4n) is 1.87. The summed E-state index contributed by atoms with van der Waals surface area (Å²) in [6.07, 6.45) is 1.77. The van der Waals surface area contributed by atoms with Gasteiger partial charge in [0.05, 0.1) is 12.5 Å². The van der Waals surface area contributed by atoms with Gasteiger partial charge in [0.1, 0.15) is 18.0 Å². The second kappa shape index (κ2) is 5.38. The maximum absolute atomic E-state index is 5.86. The molecule has 1 aromatic carbocycles. The molecule has 0 radical (unpaired) electrons. The van der Waals surface area contributed by atoms with Crippen molar-refractivity contribution in [1.29, 1.82) is 0 Å². The van der Waals surface area contributed by atoms with E-state index in [4.69, 9.17) is 21.1 Å². The zero-order valence-corrected chi connectivity index (χ0v) is 11.5. The summed E-state index contributed by atoms with van der Waals surface area (Å²) >= 11 is 5.86. The van der Waals surface area contributed by atoms with Crippen LogP contribution in [0.4, 0.5) is 0 Å². The van der Waals surface area contributed by atoms with Crippen LogP contribution in [-0.2, 0) is 6.61 Å². The topological polar surface area (TPSA) is 60.0 Å². The first-order chi connectivity index (χ1) is 9.76. The third-order valence-corrected chi connectivity index (χ3v) is 3.06. The van der Waals surface area contributed by atoms with Crippen molar-refractivity contribution in [2.24, 2.45) is 0 Å². The number of ether oxygens (including phenoxy) is 2. The van der Waals surface area contributed by atoms with Crippen molar-refractivity contribution in [3.63, 3.8) is 0 Å². The molecule has 2 heterocycles. The van der Waals surface area contributed by atoms with E-state index in [0.717, 1.165) is 16.7 Å². The van der Waals surface area contributed by atoms with Crippen LogP contribution >= 0.6 is 11.6 Å². The molecule has 0 spiro atoms. The van der Waals surface area contributed by atoms with Crippen molar-refractivity contribution in [1.82, 2.24) is 15.0 Å². The highest BCUT2D eigenvalue weighted by molar-refractivity contribution is 6.28. The van der Waals surface area contributed by atoms with Crippen molar-refractivity contribution in [2.75, 3.05) is 7.11 Å². The number of rotatable bonds is 4. The molecule has 0 fully saturated rings. The van der Waals surface area contributed by atoms with Crippen molar-refractivity contribution >= 4 is 22.6 Å². The number of hydrogen-bond donors (Lipinski definition) is 1. The third-order valence-electron chi connectivity index (χ3n) is 2.89. The van der Waals surface area contributed by atoms with Gasteiger partial charge in [-0.1, -0.05) is 12.1 Å². The van der Waals surface area contributed by atoms with E-state index >= 15 is 0 Å². The second-order valence-corrected chi connectivity index (χ2v) is 4.51. The van der Waals surface area contributed by atoms with Gasteiger partial charge in [0, 0.05) is 6.20 Å². The Balaban J connectivity index is 1.80. The lowest BCUT2D eigenvalue weighted by atomic mass is 10.2. The van der Waals surface area contributed by atoms with Gasteiger partial charge in [-0.2, -0.15) is 9.97 Å². The Morgan fingerprint density at radius 1 is 1.15 bits per heavy atom. The number of benzene rings is 1. The van der Waals surface area contributed by atoms with Gasteiger partial charge in [-0.15, -0.1) is 0 Å². The quantitative estimate of drug-likeness (QED) is 0.749. The SMILES string of the molecule is COc1ccc(COc2nc(Cl)nc3[nH]ccc23)cc1. The Bertz CT molecular complexity index is 725. The molecular formula is C14H12ClN3O2. The van der Waals surface area contributed by atoms with E-state index < -0.39 is 0 Å². The van der Waals surface area contributed by atoms with Crippen LogP contribution in [-0.4, -0.2) is 22.1 Å². The van der Waals surface area contributed by atoms with E-state index in [-0.39, 0.29) is 5.28 Å². The summed E-state index contributed by atoms with van der Waals surface area (Å²) in [5.41, 5.74) is 1.68. The Morgan fingerprint density at radius 2 is 1.95 bits per heavy atom. The van der Waals surface area contributed by atoms with Gasteiger partial charge in [0.2, 0.25) is 11.2 Å². The molecule has 0 bridgehead atoms. The highest BCUT2D eigenvalue weighted by Crippen LogP contribution is 2.24. The average Bonchev–Trinajstić information content (AvgIpc) is 2.93. The molecular weight excluding hydrogens is 278 g/mol. The van der Waals surface area contributed by atoms with Crippen LogP contribution in [0.5, 0.6) is 11.6 Å². The number of halogens is 1. The minimum Gasteiger partial charge on any atom is -0.497 e. The zero-order valence-electron chi connectivity index (χ0n) is 10.8. The largest absolute Gasteiger partial charge is 0.497 e. The lowest BCUT2D eigenvalue weighted by Crippen LogP contribution is -1.99. The van der Waals surface area contributed by atoms with Crippen LogP contribution in [0.25, 0.3) is 11.0 Å². The number of H-pyrrole nitrogens is 1. The van der Waals surface area contributed by atoms with Crippen molar-refractivity contribution in [3.8, 4) is 11.6 Å². The van der Waals surface area contributed by atoms with Crippen LogP contribution < -0.4 is 9.47 Å². The summed E-state index contributed by atoms with van der Waals surface area (Å²) < 4.78 is 10.8. The summed E-state index contributed by atoms with van der Waals surface area (Å²) in [5, 5.41) is 0.965. The van der Waals surface area contributed by atoms with Gasteiger partial charge in [0.25, 0.3) is 0 Å². The molecule has 0 saturated carbocycles. The number of methoxy groups -OCH3 is 1. The monoisotopic (exact) mass is 289 g/mol. The van der Waals surface area contributed by atoms with Gasteiger partial charge < -0.3 is 14.5 Å². The molecule has 20 heavy (non-hydrogen) atoms. The molecule has 5 nitrogen and oxygen atoms in total. The number of nitrogens with zero attached hydrogens (tertiary/aromatic N) is 2. The fourth-order valence-corrected chi connectivity index (χ4v) is 2.03. The molecule has 0 aliphatic carbocycles. The molecule has 0 amide bonds. The number of aromatic nitrogens is 3. The first-order valence-corrected chi connectivity index (χ1v) is 6.40. The average molecular weight is 290 g/mol. The third kappa shape index (κ3) is 2.53. The van der Waals surface area contributed by atoms with Crippen molar-refractivity contribution in [3.05, 3.63) is 47.4 Å². The molecule has 0 atom stereocenters. The van der Waals surface area contributed by atoms with Gasteiger partial charge >= 0.3 is 0 Å². The Morgan fingerprint density at radius 3 is 2.70 bits per heavy atom. The van der Waals surface area contributed by atoms with Gasteiger partial charge in [-0.25, -0.2) is 0 Å². The van der Waals surface area contributed by atoms with Crippen LogP contribution in [0.15, 0.2) is 36.5 Å². The van der Waals surface area contributed by atoms with E-state index in [1.54, 1.807) is 13.3 Å². The molecule has 1 N–H and O–H groups in total. The smallest absolute Gasteiger partial charge is 0.227 e. The summed E-state index contributed by atoms with van der Waals surface area (Å²) in [6.45, 7) is 0.400. The molecule has 3 rings (SSSR count). The molecule has 2 aromatic heterocycles. The summed E-state index contributed by atoms with van der Waals surface area (Å²) in [7, 11) is 1.64. The summed E-state index contributed by atoms with van der Waals surface area (Å²) in [5.74, 6) is 1.28. The van der Waals surface area contributed by atoms with Gasteiger partial charge in [-0.05, 0) is 35.4 Å². The molecule has 3 aromatic rings. The second-order valence-electron chi connectivity index (χ2n) is 4.17. The predicted octanol–water partition coefficient (Wildman–Crippen LogP) is 3.20. The molecule has 6 heteroatoms. The number of aromatic amines is 1. The lowest BCUT2D eigenvalue weighted by molar-refractivity contribution is 0.297. The number of hydrogen-bond acceptors (Lipinski definition) is 4. The summed E-state index contributed by atoms with van der Waals surface area (Å²) in [4.78, 5) is 11.2. The Hall–Kier alpha value is -2.27. The normalized spacial score (nSPS) is 10.7. The van der Waals surface area contributed by atoms with E-state index in [1.165, 1.54) is 0 Å². The molecule has 0 unspecified atom stereocenters. The maximum atomic E-state index is 5.86. The highest BCUT2D eigenvalue weighted by atomic mass is 35.5. The first-order valence-electron chi connectivity index (χ1n) is 6.02. The van der Waals surface area contributed by atoms with Crippen molar-refractivity contribution in [2.45, 2.75) is 6.61 Å². The standard InChI is InChI=1S/C14H12ClN3O2/c1-19-10-4-2-9(3-5-10)8-20-13-11-6-7-16-12(11)17-14(15)18-13/h2-7H,8H2,1H3,(H,16,17,18). The highest BCUT2D eigenvalue weighted by Gasteiger charge is 2.08. The van der Waals surface area contributed by atoms with Crippen LogP contribution in [0.2, 0.25) is 5.28 Å². The number of fused-ring (bicyclic) bond motifs is 1. The predicted molar refractivity (Wildman–Crippen MR) is 76.2 cm³/mol. The molecule has 0 aliphatic heterocycles. The lowest BCUT2D eigenvalue weighted by Gasteiger charge is -2.07. The first kappa shape index (κ1) is 12.7. The number of nitrogens with one attached hydrogen (secondary N) is 1. The fraction of sp³-hybridized carbons (Fsp3) is 0.143. The van der Waals surface area contributed by atoms with Crippen LogP contribution in [0.3, 0.4) is 0 Å². The van der Waals surface area contributed by atoms with Gasteiger partial charge in [-0.3, -0.25) is 0 Å². The Kier molecular flexibility index (Phi) is 3.43. The molecule has 0 saturated heterocycles. The van der Waals surface area contributed by atoms with Crippen LogP contribution in [0, 0.1) is 0 Å².